The number of halogens is 1. The van der Waals surface area contributed by atoms with Crippen molar-refractivity contribution in [3.05, 3.63) is 35.6 Å². The van der Waals surface area contributed by atoms with E-state index < -0.39 is 0 Å². The lowest BCUT2D eigenvalue weighted by molar-refractivity contribution is 0.0444. The molecule has 3 heteroatoms. The van der Waals surface area contributed by atoms with Crippen LogP contribution in [0.5, 0.6) is 0 Å². The molecule has 0 heterocycles. The highest BCUT2D eigenvalue weighted by Gasteiger charge is 1.91. The van der Waals surface area contributed by atoms with Crippen LogP contribution in [0.15, 0.2) is 24.3 Å². The number of nitrogens with one attached hydrogen (secondary N) is 1. The Morgan fingerprint density at radius 1 is 1.36 bits per heavy atom. The zero-order valence-corrected chi connectivity index (χ0v) is 6.30. The van der Waals surface area contributed by atoms with Gasteiger partial charge < -0.3 is 0 Å². The largest absolute Gasteiger partial charge is 0.297 e. The standard InChI is InChI=1S/C8H10FNO/c1-10-11-6-7-2-4-8(9)5-3-7/h2-5,10H,6H2,1H3. The Morgan fingerprint density at radius 2 is 2.00 bits per heavy atom. The topological polar surface area (TPSA) is 21.3 Å². The first-order valence-corrected chi connectivity index (χ1v) is 3.36. The van der Waals surface area contributed by atoms with E-state index in [1.165, 1.54) is 12.1 Å². The lowest BCUT2D eigenvalue weighted by Gasteiger charge is -2.00. The van der Waals surface area contributed by atoms with Crippen LogP contribution < -0.4 is 5.48 Å². The van der Waals surface area contributed by atoms with Gasteiger partial charge in [0.05, 0.1) is 6.61 Å². The van der Waals surface area contributed by atoms with Gasteiger partial charge in [-0.15, -0.1) is 0 Å². The summed E-state index contributed by atoms with van der Waals surface area (Å²) in [5.41, 5.74) is 3.48. The molecule has 0 saturated heterocycles. The van der Waals surface area contributed by atoms with Crippen LogP contribution in [0.4, 0.5) is 4.39 Å². The van der Waals surface area contributed by atoms with E-state index in [0.29, 0.717) is 6.61 Å². The Morgan fingerprint density at radius 3 is 2.55 bits per heavy atom. The van der Waals surface area contributed by atoms with Crippen LogP contribution in [0.3, 0.4) is 0 Å². The molecule has 2 nitrogen and oxygen atoms in total. The predicted molar refractivity (Wildman–Crippen MR) is 40.2 cm³/mol. The highest BCUT2D eigenvalue weighted by molar-refractivity contribution is 5.14. The molecule has 0 unspecified atom stereocenters. The van der Waals surface area contributed by atoms with Gasteiger partial charge in [0, 0.05) is 7.05 Å². The first-order valence-electron chi connectivity index (χ1n) is 3.36. The second kappa shape index (κ2) is 4.05. The van der Waals surface area contributed by atoms with E-state index >= 15 is 0 Å². The average Bonchev–Trinajstić information content (AvgIpc) is 2.04. The van der Waals surface area contributed by atoms with E-state index in [-0.39, 0.29) is 5.82 Å². The molecule has 1 aromatic rings. The van der Waals surface area contributed by atoms with E-state index in [0.717, 1.165) is 5.56 Å². The molecule has 1 N–H and O–H groups in total. The lowest BCUT2D eigenvalue weighted by atomic mass is 10.2. The van der Waals surface area contributed by atoms with Gasteiger partial charge >= 0.3 is 0 Å². The number of rotatable bonds is 3. The van der Waals surface area contributed by atoms with Crippen molar-refractivity contribution in [3.63, 3.8) is 0 Å². The van der Waals surface area contributed by atoms with E-state index in [9.17, 15) is 4.39 Å². The SMILES string of the molecule is CNOCc1ccc(F)cc1. The zero-order chi connectivity index (χ0) is 8.10. The number of hydrogen-bond acceptors (Lipinski definition) is 2. The Kier molecular flexibility index (Phi) is 3.01. The van der Waals surface area contributed by atoms with Crippen molar-refractivity contribution in [1.29, 1.82) is 0 Å². The molecule has 0 amide bonds. The maximum Gasteiger partial charge on any atom is 0.123 e. The van der Waals surface area contributed by atoms with E-state index in [1.54, 1.807) is 19.2 Å². The molecule has 60 valence electrons. The van der Waals surface area contributed by atoms with Crippen LogP contribution in [0, 0.1) is 5.82 Å². The van der Waals surface area contributed by atoms with Gasteiger partial charge in [0.25, 0.3) is 0 Å². The Hall–Kier alpha value is -0.930. The van der Waals surface area contributed by atoms with Crippen molar-refractivity contribution in [2.75, 3.05) is 7.05 Å². The molecule has 0 aromatic heterocycles. The van der Waals surface area contributed by atoms with Crippen molar-refractivity contribution in [1.82, 2.24) is 5.48 Å². The van der Waals surface area contributed by atoms with Crippen LogP contribution in [-0.2, 0) is 11.4 Å². The molecule has 0 aliphatic rings. The molecule has 1 rings (SSSR count). The molecular formula is C8H10FNO. The van der Waals surface area contributed by atoms with Crippen molar-refractivity contribution in [2.24, 2.45) is 0 Å². The predicted octanol–water partition coefficient (Wildman–Crippen LogP) is 1.48. The van der Waals surface area contributed by atoms with Crippen LogP contribution in [0.1, 0.15) is 5.56 Å². The van der Waals surface area contributed by atoms with Gasteiger partial charge in [-0.25, -0.2) is 9.87 Å². The molecule has 0 aliphatic heterocycles. The smallest absolute Gasteiger partial charge is 0.123 e. The average molecular weight is 155 g/mol. The number of hydrogen-bond donors (Lipinski definition) is 1. The second-order valence-electron chi connectivity index (χ2n) is 2.12. The fraction of sp³-hybridized carbons (Fsp3) is 0.250. The molecule has 0 saturated carbocycles. The minimum absolute atomic E-state index is 0.224. The first-order chi connectivity index (χ1) is 5.33. The monoisotopic (exact) mass is 155 g/mol. The summed E-state index contributed by atoms with van der Waals surface area (Å²) in [6.45, 7) is 0.455. The Balaban J connectivity index is 2.52. The van der Waals surface area contributed by atoms with Crippen LogP contribution in [0.2, 0.25) is 0 Å². The van der Waals surface area contributed by atoms with Gasteiger partial charge in [-0.1, -0.05) is 12.1 Å². The van der Waals surface area contributed by atoms with Crippen LogP contribution in [0.25, 0.3) is 0 Å². The normalized spacial score (nSPS) is 10.0. The molecule has 0 radical (unpaired) electrons. The summed E-state index contributed by atoms with van der Waals surface area (Å²) in [4.78, 5) is 4.89. The van der Waals surface area contributed by atoms with Crippen LogP contribution in [-0.4, -0.2) is 7.05 Å². The fourth-order valence-corrected chi connectivity index (χ4v) is 0.736. The maximum absolute atomic E-state index is 12.4. The van der Waals surface area contributed by atoms with Crippen molar-refractivity contribution < 1.29 is 9.23 Å². The molecule has 0 atom stereocenters. The Labute approximate surface area is 64.9 Å². The van der Waals surface area contributed by atoms with Gasteiger partial charge in [-0.05, 0) is 17.7 Å². The highest BCUT2D eigenvalue weighted by atomic mass is 19.1. The van der Waals surface area contributed by atoms with Gasteiger partial charge in [0.15, 0.2) is 0 Å². The summed E-state index contributed by atoms with van der Waals surface area (Å²) in [5.74, 6) is -0.224. The molecule has 0 fully saturated rings. The van der Waals surface area contributed by atoms with Crippen molar-refractivity contribution >= 4 is 0 Å². The number of benzene rings is 1. The summed E-state index contributed by atoms with van der Waals surface area (Å²) in [6, 6.07) is 6.20. The quantitative estimate of drug-likeness (QED) is 0.667. The summed E-state index contributed by atoms with van der Waals surface area (Å²) in [7, 11) is 1.68. The zero-order valence-electron chi connectivity index (χ0n) is 6.30. The Bertz CT molecular complexity index is 210. The minimum Gasteiger partial charge on any atom is -0.297 e. The summed E-state index contributed by atoms with van der Waals surface area (Å²) in [6.07, 6.45) is 0. The van der Waals surface area contributed by atoms with E-state index in [2.05, 4.69) is 5.48 Å². The summed E-state index contributed by atoms with van der Waals surface area (Å²) in [5, 5.41) is 0. The lowest BCUT2D eigenvalue weighted by Crippen LogP contribution is -2.06. The molecule has 0 aliphatic carbocycles. The van der Waals surface area contributed by atoms with E-state index in [1.807, 2.05) is 0 Å². The molecule has 1 aromatic carbocycles. The third kappa shape index (κ3) is 2.65. The molecular weight excluding hydrogens is 145 g/mol. The maximum atomic E-state index is 12.4. The molecule has 0 spiro atoms. The summed E-state index contributed by atoms with van der Waals surface area (Å²) >= 11 is 0. The minimum atomic E-state index is -0.224. The fourth-order valence-electron chi connectivity index (χ4n) is 0.736. The van der Waals surface area contributed by atoms with Gasteiger partial charge in [0.1, 0.15) is 5.82 Å². The number of hydroxylamine groups is 1. The third-order valence-electron chi connectivity index (χ3n) is 1.30. The van der Waals surface area contributed by atoms with Crippen molar-refractivity contribution in [2.45, 2.75) is 6.61 Å². The summed E-state index contributed by atoms with van der Waals surface area (Å²) < 4.78 is 12.4. The second-order valence-corrected chi connectivity index (χ2v) is 2.12. The van der Waals surface area contributed by atoms with Crippen molar-refractivity contribution in [3.8, 4) is 0 Å². The van der Waals surface area contributed by atoms with Gasteiger partial charge in [0.2, 0.25) is 0 Å². The molecule has 11 heavy (non-hydrogen) atoms. The molecule has 0 bridgehead atoms. The van der Waals surface area contributed by atoms with E-state index in [4.69, 9.17) is 4.84 Å². The van der Waals surface area contributed by atoms with Gasteiger partial charge in [-0.3, -0.25) is 4.84 Å². The van der Waals surface area contributed by atoms with Crippen LogP contribution >= 0.6 is 0 Å². The third-order valence-corrected chi connectivity index (χ3v) is 1.30. The first kappa shape index (κ1) is 8.17. The van der Waals surface area contributed by atoms with Gasteiger partial charge in [-0.2, -0.15) is 0 Å². The highest BCUT2D eigenvalue weighted by Crippen LogP contribution is 2.02.